The van der Waals surface area contributed by atoms with Crippen LogP contribution in [0, 0.1) is 0 Å². The smallest absolute Gasteiger partial charge is 0.354 e. The third kappa shape index (κ3) is 3.82. The number of anilines is 1. The molecule has 0 fully saturated rings. The van der Waals surface area contributed by atoms with E-state index in [4.69, 9.17) is 0 Å². The molecule has 0 amide bonds. The Morgan fingerprint density at radius 3 is 2.40 bits per heavy atom. The molecule has 0 bridgehead atoms. The van der Waals surface area contributed by atoms with Gasteiger partial charge in [0.25, 0.3) is 0 Å². The van der Waals surface area contributed by atoms with Gasteiger partial charge in [-0.05, 0) is 11.4 Å². The first-order valence-electron chi connectivity index (χ1n) is 5.34. The second-order valence-electron chi connectivity index (χ2n) is 3.35. The number of carbonyl (C=O) groups is 3. The molecule has 0 aromatic carbocycles. The third-order valence-corrected chi connectivity index (χ3v) is 3.07. The number of hydrogen-bond acceptors (Lipinski definition) is 8. The van der Waals surface area contributed by atoms with Gasteiger partial charge >= 0.3 is 17.9 Å². The molecule has 0 saturated heterocycles. The SMILES string of the molecule is COC(=O)C=C(Nc1ccsc1C(=O)OC)C(=O)OC. The van der Waals surface area contributed by atoms with Gasteiger partial charge in [-0.25, -0.2) is 14.4 Å². The van der Waals surface area contributed by atoms with E-state index in [2.05, 4.69) is 19.5 Å². The van der Waals surface area contributed by atoms with Crippen molar-refractivity contribution in [3.05, 3.63) is 28.1 Å². The Hall–Kier alpha value is -2.35. The maximum Gasteiger partial charge on any atom is 0.354 e. The van der Waals surface area contributed by atoms with Crippen molar-refractivity contribution < 1.29 is 28.6 Å². The van der Waals surface area contributed by atoms with Crippen molar-refractivity contribution in [2.45, 2.75) is 0 Å². The number of ether oxygens (including phenoxy) is 3. The number of esters is 3. The van der Waals surface area contributed by atoms with E-state index in [1.54, 1.807) is 11.4 Å². The van der Waals surface area contributed by atoms with Crippen molar-refractivity contribution >= 4 is 34.9 Å². The number of thiophene rings is 1. The highest BCUT2D eigenvalue weighted by atomic mass is 32.1. The lowest BCUT2D eigenvalue weighted by atomic mass is 10.3. The summed E-state index contributed by atoms with van der Waals surface area (Å²) in [6, 6.07) is 1.57. The first kappa shape index (κ1) is 15.7. The minimum atomic E-state index is -0.766. The number of carbonyl (C=O) groups excluding carboxylic acids is 3. The van der Waals surface area contributed by atoms with Crippen molar-refractivity contribution in [2.75, 3.05) is 26.6 Å². The molecule has 0 radical (unpaired) electrons. The highest BCUT2D eigenvalue weighted by molar-refractivity contribution is 7.12. The van der Waals surface area contributed by atoms with Crippen LogP contribution in [0.5, 0.6) is 0 Å². The van der Waals surface area contributed by atoms with Gasteiger partial charge in [-0.1, -0.05) is 0 Å². The van der Waals surface area contributed by atoms with Crippen molar-refractivity contribution in [3.8, 4) is 0 Å². The van der Waals surface area contributed by atoms with E-state index in [0.717, 1.165) is 17.4 Å². The predicted molar refractivity (Wildman–Crippen MR) is 71.4 cm³/mol. The molecule has 0 spiro atoms. The van der Waals surface area contributed by atoms with Crippen LogP contribution in [0.15, 0.2) is 23.2 Å². The molecule has 0 aliphatic heterocycles. The van der Waals surface area contributed by atoms with Gasteiger partial charge in [-0.3, -0.25) is 0 Å². The van der Waals surface area contributed by atoms with Crippen molar-refractivity contribution in [2.24, 2.45) is 0 Å². The topological polar surface area (TPSA) is 90.9 Å². The number of rotatable bonds is 5. The predicted octanol–water partition coefficient (Wildman–Crippen LogP) is 1.18. The molecule has 0 atom stereocenters. The molecule has 0 aliphatic carbocycles. The summed E-state index contributed by atoms with van der Waals surface area (Å²) < 4.78 is 13.6. The Morgan fingerprint density at radius 1 is 1.15 bits per heavy atom. The lowest BCUT2D eigenvalue weighted by molar-refractivity contribution is -0.138. The molecule has 20 heavy (non-hydrogen) atoms. The van der Waals surface area contributed by atoms with Crippen LogP contribution in [-0.2, 0) is 23.8 Å². The van der Waals surface area contributed by atoms with Crippen LogP contribution in [0.2, 0.25) is 0 Å². The van der Waals surface area contributed by atoms with Crippen molar-refractivity contribution in [1.82, 2.24) is 0 Å². The van der Waals surface area contributed by atoms with E-state index in [0.29, 0.717) is 5.69 Å². The normalized spacial score (nSPS) is 10.7. The largest absolute Gasteiger partial charge is 0.466 e. The van der Waals surface area contributed by atoms with Crippen LogP contribution >= 0.6 is 11.3 Å². The van der Waals surface area contributed by atoms with Gasteiger partial charge in [0.1, 0.15) is 10.6 Å². The summed E-state index contributed by atoms with van der Waals surface area (Å²) >= 11 is 1.14. The van der Waals surface area contributed by atoms with E-state index >= 15 is 0 Å². The average molecular weight is 299 g/mol. The van der Waals surface area contributed by atoms with Gasteiger partial charge in [0, 0.05) is 0 Å². The maximum absolute atomic E-state index is 11.6. The Balaban J connectivity index is 3.05. The van der Waals surface area contributed by atoms with Crippen LogP contribution in [0.1, 0.15) is 9.67 Å². The Morgan fingerprint density at radius 2 is 1.85 bits per heavy atom. The van der Waals surface area contributed by atoms with Gasteiger partial charge in [0.15, 0.2) is 0 Å². The molecule has 0 unspecified atom stereocenters. The fraction of sp³-hybridized carbons (Fsp3) is 0.250. The quantitative estimate of drug-likeness (QED) is 0.496. The second kappa shape index (κ2) is 7.29. The van der Waals surface area contributed by atoms with Gasteiger partial charge in [-0.15, -0.1) is 11.3 Å². The minimum absolute atomic E-state index is 0.150. The molecular weight excluding hydrogens is 286 g/mol. The fourth-order valence-corrected chi connectivity index (χ4v) is 2.00. The van der Waals surface area contributed by atoms with Crippen LogP contribution in [0.4, 0.5) is 5.69 Å². The van der Waals surface area contributed by atoms with E-state index in [1.807, 2.05) is 0 Å². The molecule has 7 nitrogen and oxygen atoms in total. The average Bonchev–Trinajstić information content (AvgIpc) is 2.92. The number of nitrogens with one attached hydrogen (secondary N) is 1. The summed E-state index contributed by atoms with van der Waals surface area (Å²) in [5.41, 5.74) is 0.185. The van der Waals surface area contributed by atoms with E-state index < -0.39 is 17.9 Å². The minimum Gasteiger partial charge on any atom is -0.466 e. The lowest BCUT2D eigenvalue weighted by Gasteiger charge is -2.08. The summed E-state index contributed by atoms with van der Waals surface area (Å²) in [6.07, 6.45) is 0.935. The van der Waals surface area contributed by atoms with Crippen molar-refractivity contribution in [1.29, 1.82) is 0 Å². The van der Waals surface area contributed by atoms with Gasteiger partial charge in [0.05, 0.1) is 33.1 Å². The Bertz CT molecular complexity index is 548. The van der Waals surface area contributed by atoms with Crippen LogP contribution in [-0.4, -0.2) is 39.2 Å². The van der Waals surface area contributed by atoms with Gasteiger partial charge in [0.2, 0.25) is 0 Å². The molecule has 1 aromatic heterocycles. The van der Waals surface area contributed by atoms with Crippen LogP contribution < -0.4 is 5.32 Å². The van der Waals surface area contributed by atoms with E-state index in [-0.39, 0.29) is 10.6 Å². The molecule has 108 valence electrons. The molecule has 1 aromatic rings. The highest BCUT2D eigenvalue weighted by Crippen LogP contribution is 2.24. The Kier molecular flexibility index (Phi) is 5.73. The summed E-state index contributed by atoms with van der Waals surface area (Å²) in [5.74, 6) is -2.05. The summed E-state index contributed by atoms with van der Waals surface area (Å²) in [4.78, 5) is 34.6. The zero-order valence-electron chi connectivity index (χ0n) is 11.1. The maximum atomic E-state index is 11.6. The highest BCUT2D eigenvalue weighted by Gasteiger charge is 2.18. The number of methoxy groups -OCH3 is 3. The third-order valence-electron chi connectivity index (χ3n) is 2.17. The molecular formula is C12H13NO6S. The molecule has 1 N–H and O–H groups in total. The molecule has 0 saturated carbocycles. The van der Waals surface area contributed by atoms with Crippen LogP contribution in [0.3, 0.4) is 0 Å². The zero-order chi connectivity index (χ0) is 15.1. The summed E-state index contributed by atoms with van der Waals surface area (Å²) in [5, 5.41) is 4.29. The van der Waals surface area contributed by atoms with E-state index in [9.17, 15) is 14.4 Å². The van der Waals surface area contributed by atoms with Crippen molar-refractivity contribution in [3.63, 3.8) is 0 Å². The first-order valence-corrected chi connectivity index (χ1v) is 6.22. The number of hydrogen-bond donors (Lipinski definition) is 1. The lowest BCUT2D eigenvalue weighted by Crippen LogP contribution is -2.16. The standard InChI is InChI=1S/C12H13NO6S/c1-17-9(14)6-8(11(15)18-2)13-7-4-5-20-10(7)12(16)19-3/h4-6,13H,1-3H3. The van der Waals surface area contributed by atoms with Gasteiger partial charge in [-0.2, -0.15) is 0 Å². The summed E-state index contributed by atoms with van der Waals surface area (Å²) in [7, 11) is 3.60. The Labute approximate surface area is 119 Å². The molecule has 1 heterocycles. The summed E-state index contributed by atoms with van der Waals surface area (Å²) in [6.45, 7) is 0. The second-order valence-corrected chi connectivity index (χ2v) is 4.27. The van der Waals surface area contributed by atoms with E-state index in [1.165, 1.54) is 21.3 Å². The van der Waals surface area contributed by atoms with Gasteiger partial charge < -0.3 is 19.5 Å². The zero-order valence-corrected chi connectivity index (χ0v) is 11.9. The molecule has 0 aliphatic rings. The molecule has 8 heteroatoms. The first-order chi connectivity index (χ1) is 9.53. The monoisotopic (exact) mass is 299 g/mol. The van der Waals surface area contributed by atoms with Crippen LogP contribution in [0.25, 0.3) is 0 Å². The fourth-order valence-electron chi connectivity index (χ4n) is 1.24. The molecule has 1 rings (SSSR count).